The van der Waals surface area contributed by atoms with Crippen molar-refractivity contribution in [2.75, 3.05) is 12.0 Å². The second kappa shape index (κ2) is 6.01. The van der Waals surface area contributed by atoms with Gasteiger partial charge in [0.15, 0.2) is 0 Å². The van der Waals surface area contributed by atoms with Gasteiger partial charge >= 0.3 is 0 Å². The van der Waals surface area contributed by atoms with Crippen molar-refractivity contribution in [1.29, 1.82) is 0 Å². The Kier molecular flexibility index (Phi) is 5.21. The van der Waals surface area contributed by atoms with Crippen LogP contribution in [0, 0.1) is 6.92 Å². The molecule has 2 heteroatoms. The molecule has 1 nitrogen and oxygen atoms in total. The first-order valence-electron chi connectivity index (χ1n) is 6.26. The topological polar surface area (TPSA) is 12.0 Å². The van der Waals surface area contributed by atoms with E-state index in [9.17, 15) is 0 Å². The average molecular weight is 298 g/mol. The summed E-state index contributed by atoms with van der Waals surface area (Å²) in [4.78, 5) is 0. The van der Waals surface area contributed by atoms with Crippen molar-refractivity contribution < 1.29 is 0 Å². The molecule has 1 N–H and O–H groups in total. The van der Waals surface area contributed by atoms with E-state index in [1.807, 2.05) is 0 Å². The highest BCUT2D eigenvalue weighted by Gasteiger charge is 2.22. The highest BCUT2D eigenvalue weighted by Crippen LogP contribution is 2.29. The van der Waals surface area contributed by atoms with Crippen LogP contribution in [-0.2, 0) is 5.41 Å². The van der Waals surface area contributed by atoms with Gasteiger partial charge in [-0.25, -0.2) is 0 Å². The monoisotopic (exact) mass is 297 g/mol. The number of nitrogens with one attached hydrogen (secondary N) is 1. The predicted octanol–water partition coefficient (Wildman–Crippen LogP) is 4.34. The van der Waals surface area contributed by atoms with E-state index in [1.165, 1.54) is 16.7 Å². The normalized spacial score (nSPS) is 12.2. The summed E-state index contributed by atoms with van der Waals surface area (Å²) in [5.41, 5.74) is 5.28. The van der Waals surface area contributed by atoms with Crippen molar-refractivity contribution in [3.63, 3.8) is 0 Å². The number of alkyl halides is 1. The van der Waals surface area contributed by atoms with Crippen LogP contribution in [0.2, 0.25) is 0 Å². The molecule has 0 saturated heterocycles. The van der Waals surface area contributed by atoms with Gasteiger partial charge in [-0.15, -0.1) is 0 Å². The molecule has 0 aromatic heterocycles. The first-order chi connectivity index (χ1) is 7.88. The summed E-state index contributed by atoms with van der Waals surface area (Å²) in [6, 6.07) is 6.87. The lowest BCUT2D eigenvalue weighted by atomic mass is 9.80. The highest BCUT2D eigenvalue weighted by molar-refractivity contribution is 9.09. The Bertz CT molecular complexity index is 369. The summed E-state index contributed by atoms with van der Waals surface area (Å²) in [5, 5.41) is 3.38. The van der Waals surface area contributed by atoms with E-state index < -0.39 is 0 Å². The Morgan fingerprint density at radius 2 is 1.94 bits per heavy atom. The Hall–Kier alpha value is -0.340. The zero-order valence-corrected chi connectivity index (χ0v) is 13.2. The fraction of sp³-hybridized carbons (Fsp3) is 0.600. The lowest BCUT2D eigenvalue weighted by molar-refractivity contribution is 0.488. The number of hydrogen-bond donors (Lipinski definition) is 1. The van der Waals surface area contributed by atoms with E-state index in [0.717, 1.165) is 12.0 Å². The third-order valence-corrected chi connectivity index (χ3v) is 3.72. The van der Waals surface area contributed by atoms with Crippen molar-refractivity contribution in [3.05, 3.63) is 34.9 Å². The molecule has 17 heavy (non-hydrogen) atoms. The lowest BCUT2D eigenvalue weighted by Crippen LogP contribution is -2.33. The molecule has 0 spiro atoms. The number of aryl methyl sites for hydroxylation is 1. The summed E-state index contributed by atoms with van der Waals surface area (Å²) < 4.78 is 0. The van der Waals surface area contributed by atoms with Gasteiger partial charge in [0.25, 0.3) is 0 Å². The van der Waals surface area contributed by atoms with Crippen LogP contribution in [0.4, 0.5) is 0 Å². The van der Waals surface area contributed by atoms with Gasteiger partial charge in [0.1, 0.15) is 0 Å². The second-order valence-corrected chi connectivity index (χ2v) is 6.23. The minimum atomic E-state index is 0.169. The SMILES string of the molecule is Cc1ccc(C(C)C)cc1C(C)(C)CNCBr. The maximum atomic E-state index is 3.42. The van der Waals surface area contributed by atoms with Gasteiger partial charge in [0.05, 0.1) is 5.45 Å². The van der Waals surface area contributed by atoms with E-state index in [4.69, 9.17) is 0 Å². The van der Waals surface area contributed by atoms with Crippen LogP contribution in [-0.4, -0.2) is 12.0 Å². The first-order valence-corrected chi connectivity index (χ1v) is 7.38. The van der Waals surface area contributed by atoms with Gasteiger partial charge in [-0.2, -0.15) is 0 Å². The fourth-order valence-electron chi connectivity index (χ4n) is 2.18. The van der Waals surface area contributed by atoms with Crippen LogP contribution in [0.3, 0.4) is 0 Å². The molecule has 0 heterocycles. The first kappa shape index (κ1) is 14.7. The van der Waals surface area contributed by atoms with Crippen LogP contribution >= 0.6 is 15.9 Å². The van der Waals surface area contributed by atoms with Crippen LogP contribution in [0.25, 0.3) is 0 Å². The standard InChI is InChI=1S/C15H24BrN/c1-11(2)13-7-6-12(3)14(8-13)15(4,5)9-17-10-16/h6-8,11,17H,9-10H2,1-5H3. The Balaban J connectivity index is 3.06. The maximum absolute atomic E-state index is 3.42. The van der Waals surface area contributed by atoms with Gasteiger partial charge < -0.3 is 5.32 Å². The summed E-state index contributed by atoms with van der Waals surface area (Å²) in [6.07, 6.45) is 0. The van der Waals surface area contributed by atoms with E-state index in [1.54, 1.807) is 0 Å². The lowest BCUT2D eigenvalue weighted by Gasteiger charge is -2.28. The molecule has 0 aliphatic carbocycles. The molecule has 1 aromatic carbocycles. The molecule has 0 bridgehead atoms. The van der Waals surface area contributed by atoms with Gasteiger partial charge in [-0.1, -0.05) is 61.8 Å². The molecule has 96 valence electrons. The van der Waals surface area contributed by atoms with Gasteiger partial charge in [0.2, 0.25) is 0 Å². The molecule has 1 aromatic rings. The van der Waals surface area contributed by atoms with Crippen LogP contribution in [0.1, 0.15) is 50.3 Å². The molecular formula is C15H24BrN. The summed E-state index contributed by atoms with van der Waals surface area (Å²) in [6.45, 7) is 12.3. The molecular weight excluding hydrogens is 274 g/mol. The van der Waals surface area contributed by atoms with Crippen LogP contribution in [0.5, 0.6) is 0 Å². The Morgan fingerprint density at radius 1 is 1.29 bits per heavy atom. The largest absolute Gasteiger partial charge is 0.306 e. The van der Waals surface area contributed by atoms with Crippen LogP contribution in [0.15, 0.2) is 18.2 Å². The number of benzene rings is 1. The smallest absolute Gasteiger partial charge is 0.0517 e. The third-order valence-electron chi connectivity index (χ3n) is 3.32. The van der Waals surface area contributed by atoms with E-state index in [2.05, 4.69) is 74.1 Å². The van der Waals surface area contributed by atoms with Crippen molar-refractivity contribution in [3.8, 4) is 0 Å². The molecule has 0 saturated carbocycles. The van der Waals surface area contributed by atoms with Crippen molar-refractivity contribution in [1.82, 2.24) is 5.32 Å². The number of hydrogen-bond acceptors (Lipinski definition) is 1. The minimum Gasteiger partial charge on any atom is -0.306 e. The zero-order chi connectivity index (χ0) is 13.1. The van der Waals surface area contributed by atoms with E-state index in [-0.39, 0.29) is 5.41 Å². The molecule has 1 rings (SSSR count). The fourth-order valence-corrected chi connectivity index (χ4v) is 2.38. The maximum Gasteiger partial charge on any atom is 0.0517 e. The Labute approximate surface area is 114 Å². The third kappa shape index (κ3) is 3.82. The highest BCUT2D eigenvalue weighted by atomic mass is 79.9. The van der Waals surface area contributed by atoms with E-state index >= 15 is 0 Å². The average Bonchev–Trinajstić information content (AvgIpc) is 2.26. The molecule has 0 fully saturated rings. The number of halogens is 1. The summed E-state index contributed by atoms with van der Waals surface area (Å²) >= 11 is 3.42. The zero-order valence-electron chi connectivity index (χ0n) is 11.6. The summed E-state index contributed by atoms with van der Waals surface area (Å²) in [7, 11) is 0. The van der Waals surface area contributed by atoms with E-state index in [0.29, 0.717) is 5.92 Å². The minimum absolute atomic E-state index is 0.169. The summed E-state index contributed by atoms with van der Waals surface area (Å²) in [5.74, 6) is 0.592. The van der Waals surface area contributed by atoms with Gasteiger partial charge in [-0.3, -0.25) is 0 Å². The van der Waals surface area contributed by atoms with Crippen molar-refractivity contribution in [2.45, 2.75) is 46.0 Å². The second-order valence-electron chi connectivity index (χ2n) is 5.67. The number of rotatable bonds is 5. The van der Waals surface area contributed by atoms with Crippen molar-refractivity contribution >= 4 is 15.9 Å². The quantitative estimate of drug-likeness (QED) is 0.630. The van der Waals surface area contributed by atoms with Gasteiger partial charge in [0, 0.05) is 12.0 Å². The van der Waals surface area contributed by atoms with Crippen LogP contribution < -0.4 is 5.32 Å². The molecule has 0 radical (unpaired) electrons. The molecule has 0 aliphatic rings. The molecule has 0 atom stereocenters. The molecule has 0 unspecified atom stereocenters. The van der Waals surface area contributed by atoms with Crippen molar-refractivity contribution in [2.24, 2.45) is 0 Å². The molecule has 0 aliphatic heterocycles. The Morgan fingerprint density at radius 3 is 2.47 bits per heavy atom. The molecule has 0 amide bonds. The van der Waals surface area contributed by atoms with Gasteiger partial charge in [-0.05, 0) is 29.5 Å². The predicted molar refractivity (Wildman–Crippen MR) is 80.1 cm³/mol.